The number of aliphatic hydroxyl groups excluding tert-OH is 1. The Morgan fingerprint density at radius 2 is 2.00 bits per heavy atom. The number of carbonyl (C=O) groups excluding carboxylic acids is 2. The maximum atomic E-state index is 12.6. The quantitative estimate of drug-likeness (QED) is 0.586. The highest BCUT2D eigenvalue weighted by Gasteiger charge is 2.32. The second-order valence-corrected chi connectivity index (χ2v) is 7.34. The predicted octanol–water partition coefficient (Wildman–Crippen LogP) is 0.664. The van der Waals surface area contributed by atoms with Gasteiger partial charge in [-0.3, -0.25) is 14.6 Å². The summed E-state index contributed by atoms with van der Waals surface area (Å²) >= 11 is 0. The lowest BCUT2D eigenvalue weighted by Crippen LogP contribution is -2.51. The van der Waals surface area contributed by atoms with Crippen molar-refractivity contribution in [2.45, 2.75) is 37.5 Å². The van der Waals surface area contributed by atoms with Crippen LogP contribution in [0.3, 0.4) is 0 Å². The molecule has 1 aromatic carbocycles. The molecule has 2 aliphatic rings. The van der Waals surface area contributed by atoms with Crippen LogP contribution in [0.5, 0.6) is 11.5 Å². The van der Waals surface area contributed by atoms with Crippen molar-refractivity contribution in [2.75, 3.05) is 19.9 Å². The van der Waals surface area contributed by atoms with Crippen molar-refractivity contribution < 1.29 is 28.9 Å². The Kier molecular flexibility index (Phi) is 6.58. The standard InChI is InChI=1S/C21H24N4O6/c26-11-19-15(25-20(27)13-1-4-17-18(9-13)30-12-29-17)3-2-14(31-19)5-6-24-21(28)16-10-22-7-8-23-16/h1,4,7-10,14-15,19,26H,2-3,5-6,11-12H2,(H,24,28)(H,25,27)/t14-,15-,19+/m1/s1. The molecule has 1 saturated heterocycles. The van der Waals surface area contributed by atoms with Gasteiger partial charge in [-0.05, 0) is 37.5 Å². The van der Waals surface area contributed by atoms with E-state index in [1.165, 1.54) is 18.6 Å². The molecular weight excluding hydrogens is 404 g/mol. The van der Waals surface area contributed by atoms with Crippen LogP contribution in [0.15, 0.2) is 36.8 Å². The van der Waals surface area contributed by atoms with Crippen molar-refractivity contribution in [3.8, 4) is 11.5 Å². The van der Waals surface area contributed by atoms with Gasteiger partial charge in [-0.2, -0.15) is 0 Å². The normalized spacial score (nSPS) is 22.0. The van der Waals surface area contributed by atoms with Crippen molar-refractivity contribution >= 4 is 11.8 Å². The first-order valence-electron chi connectivity index (χ1n) is 10.1. The van der Waals surface area contributed by atoms with Gasteiger partial charge in [0.25, 0.3) is 11.8 Å². The van der Waals surface area contributed by atoms with E-state index in [4.69, 9.17) is 14.2 Å². The number of ether oxygens (including phenoxy) is 3. The van der Waals surface area contributed by atoms with E-state index in [2.05, 4.69) is 20.6 Å². The highest BCUT2D eigenvalue weighted by atomic mass is 16.7. The lowest BCUT2D eigenvalue weighted by Gasteiger charge is -2.36. The maximum absolute atomic E-state index is 12.6. The van der Waals surface area contributed by atoms with Crippen LogP contribution in [0.25, 0.3) is 0 Å². The van der Waals surface area contributed by atoms with Gasteiger partial charge in [0, 0.05) is 24.5 Å². The van der Waals surface area contributed by atoms with Crippen molar-refractivity contribution in [3.05, 3.63) is 48.0 Å². The van der Waals surface area contributed by atoms with Gasteiger partial charge in [-0.1, -0.05) is 0 Å². The van der Waals surface area contributed by atoms with Crippen LogP contribution in [0.2, 0.25) is 0 Å². The summed E-state index contributed by atoms with van der Waals surface area (Å²) in [5.74, 6) is 0.589. The third kappa shape index (κ3) is 5.09. The van der Waals surface area contributed by atoms with Crippen molar-refractivity contribution in [1.82, 2.24) is 20.6 Å². The van der Waals surface area contributed by atoms with Gasteiger partial charge < -0.3 is 30.0 Å². The molecule has 1 aromatic heterocycles. The summed E-state index contributed by atoms with van der Waals surface area (Å²) in [5, 5.41) is 15.5. The van der Waals surface area contributed by atoms with E-state index in [0.717, 1.165) is 0 Å². The van der Waals surface area contributed by atoms with E-state index in [0.29, 0.717) is 42.9 Å². The summed E-state index contributed by atoms with van der Waals surface area (Å²) in [6.45, 7) is 0.338. The number of nitrogens with zero attached hydrogens (tertiary/aromatic N) is 2. The number of fused-ring (bicyclic) bond motifs is 1. The Bertz CT molecular complexity index is 925. The zero-order valence-corrected chi connectivity index (χ0v) is 16.8. The molecule has 0 unspecified atom stereocenters. The molecule has 164 valence electrons. The highest BCUT2D eigenvalue weighted by Crippen LogP contribution is 2.32. The second kappa shape index (κ2) is 9.71. The third-order valence-corrected chi connectivity index (χ3v) is 5.29. The third-order valence-electron chi connectivity index (χ3n) is 5.29. The molecule has 2 amide bonds. The summed E-state index contributed by atoms with van der Waals surface area (Å²) < 4.78 is 16.5. The Hall–Kier alpha value is -3.24. The number of carbonyl (C=O) groups is 2. The summed E-state index contributed by atoms with van der Waals surface area (Å²) in [6.07, 6.45) is 5.67. The van der Waals surface area contributed by atoms with Crippen molar-refractivity contribution in [3.63, 3.8) is 0 Å². The Morgan fingerprint density at radius 3 is 2.81 bits per heavy atom. The minimum absolute atomic E-state index is 0.127. The van der Waals surface area contributed by atoms with Gasteiger partial charge in [0.15, 0.2) is 11.5 Å². The zero-order chi connectivity index (χ0) is 21.6. The number of rotatable bonds is 7. The number of nitrogens with one attached hydrogen (secondary N) is 2. The summed E-state index contributed by atoms with van der Waals surface area (Å²) in [6, 6.07) is 4.69. The molecule has 0 saturated carbocycles. The summed E-state index contributed by atoms with van der Waals surface area (Å²) in [5.41, 5.74) is 0.710. The van der Waals surface area contributed by atoms with E-state index in [9.17, 15) is 14.7 Å². The minimum Gasteiger partial charge on any atom is -0.454 e. The van der Waals surface area contributed by atoms with E-state index < -0.39 is 6.10 Å². The first kappa shape index (κ1) is 21.0. The fraction of sp³-hybridized carbons (Fsp3) is 0.429. The number of aliphatic hydroxyl groups is 1. The molecule has 3 N–H and O–H groups in total. The molecule has 3 heterocycles. The number of benzene rings is 1. The van der Waals surface area contributed by atoms with Gasteiger partial charge in [-0.25, -0.2) is 4.98 Å². The van der Waals surface area contributed by atoms with Crippen LogP contribution in [-0.2, 0) is 4.74 Å². The molecule has 2 aromatic rings. The molecule has 10 heteroatoms. The number of aromatic nitrogens is 2. The van der Waals surface area contributed by atoms with Crippen LogP contribution in [-0.4, -0.2) is 65.1 Å². The predicted molar refractivity (Wildman–Crippen MR) is 108 cm³/mol. The van der Waals surface area contributed by atoms with E-state index in [1.54, 1.807) is 18.2 Å². The lowest BCUT2D eigenvalue weighted by atomic mass is 9.96. The zero-order valence-electron chi connectivity index (χ0n) is 16.8. The largest absolute Gasteiger partial charge is 0.454 e. The number of amides is 2. The average molecular weight is 428 g/mol. The molecule has 10 nitrogen and oxygen atoms in total. The van der Waals surface area contributed by atoms with E-state index in [-0.39, 0.29) is 43.1 Å². The first-order valence-corrected chi connectivity index (χ1v) is 10.1. The van der Waals surface area contributed by atoms with Gasteiger partial charge in [0.2, 0.25) is 6.79 Å². The molecule has 1 fully saturated rings. The second-order valence-electron chi connectivity index (χ2n) is 7.34. The average Bonchev–Trinajstić information content (AvgIpc) is 3.28. The molecule has 0 bridgehead atoms. The van der Waals surface area contributed by atoms with Crippen LogP contribution in [0, 0.1) is 0 Å². The molecule has 0 spiro atoms. The Balaban J connectivity index is 1.25. The van der Waals surface area contributed by atoms with E-state index >= 15 is 0 Å². The molecular formula is C21H24N4O6. The smallest absolute Gasteiger partial charge is 0.271 e. The minimum atomic E-state index is -0.521. The van der Waals surface area contributed by atoms with Gasteiger partial charge in [-0.15, -0.1) is 0 Å². The summed E-state index contributed by atoms with van der Waals surface area (Å²) in [7, 11) is 0. The van der Waals surface area contributed by atoms with Crippen molar-refractivity contribution in [1.29, 1.82) is 0 Å². The van der Waals surface area contributed by atoms with E-state index in [1.807, 2.05) is 0 Å². The van der Waals surface area contributed by atoms with Gasteiger partial charge in [0.1, 0.15) is 11.8 Å². The lowest BCUT2D eigenvalue weighted by molar-refractivity contribution is -0.0893. The first-order chi connectivity index (χ1) is 15.1. The molecule has 0 aliphatic carbocycles. The SMILES string of the molecule is O=C(N[C@@H]1CC[C@H](CCNC(=O)c2cnccn2)O[C@H]1CO)c1ccc2c(c1)OCO2. The van der Waals surface area contributed by atoms with Crippen LogP contribution < -0.4 is 20.1 Å². The topological polar surface area (TPSA) is 132 Å². The molecule has 31 heavy (non-hydrogen) atoms. The van der Waals surface area contributed by atoms with Gasteiger partial charge >= 0.3 is 0 Å². The van der Waals surface area contributed by atoms with Crippen molar-refractivity contribution in [2.24, 2.45) is 0 Å². The monoisotopic (exact) mass is 428 g/mol. The molecule has 0 radical (unpaired) electrons. The maximum Gasteiger partial charge on any atom is 0.271 e. The Morgan fingerprint density at radius 1 is 1.13 bits per heavy atom. The van der Waals surface area contributed by atoms with Crippen LogP contribution >= 0.6 is 0 Å². The van der Waals surface area contributed by atoms with Crippen LogP contribution in [0.1, 0.15) is 40.1 Å². The molecule has 4 rings (SSSR count). The number of hydrogen-bond donors (Lipinski definition) is 3. The number of hydrogen-bond acceptors (Lipinski definition) is 8. The molecule has 2 aliphatic heterocycles. The van der Waals surface area contributed by atoms with Crippen LogP contribution in [0.4, 0.5) is 0 Å². The fourth-order valence-corrected chi connectivity index (χ4v) is 3.65. The van der Waals surface area contributed by atoms with Gasteiger partial charge in [0.05, 0.1) is 24.9 Å². The highest BCUT2D eigenvalue weighted by molar-refractivity contribution is 5.95. The fourth-order valence-electron chi connectivity index (χ4n) is 3.65. The Labute approximate surface area is 178 Å². The molecule has 3 atom stereocenters. The summed E-state index contributed by atoms with van der Waals surface area (Å²) in [4.78, 5) is 32.5.